The fourth-order valence-electron chi connectivity index (χ4n) is 1.14. The Balaban J connectivity index is 2.85. The fourth-order valence-corrected chi connectivity index (χ4v) is 1.14. The van der Waals surface area contributed by atoms with Crippen molar-refractivity contribution in [3.8, 4) is 0 Å². The molecule has 15 heavy (non-hydrogen) atoms. The summed E-state index contributed by atoms with van der Waals surface area (Å²) in [5, 5.41) is 0. The van der Waals surface area contributed by atoms with E-state index in [1.807, 2.05) is 13.8 Å². The molecule has 1 aromatic heterocycles. The third-order valence-corrected chi connectivity index (χ3v) is 2.44. The second kappa shape index (κ2) is 4.72. The second-order valence-corrected chi connectivity index (χ2v) is 3.50. The number of rotatable bonds is 3. The minimum absolute atomic E-state index is 0.149. The van der Waals surface area contributed by atoms with Crippen LogP contribution in [0.5, 0.6) is 0 Å². The van der Waals surface area contributed by atoms with Crippen molar-refractivity contribution in [1.29, 1.82) is 0 Å². The van der Waals surface area contributed by atoms with Gasteiger partial charge in [-0.3, -0.25) is 9.78 Å². The van der Waals surface area contributed by atoms with Crippen LogP contribution in [0, 0.1) is 0 Å². The lowest BCUT2D eigenvalue weighted by atomic mass is 10.2. The van der Waals surface area contributed by atoms with E-state index in [1.165, 1.54) is 12.4 Å². The molecule has 2 N–H and O–H groups in total. The Labute approximate surface area is 89.3 Å². The van der Waals surface area contributed by atoms with Crippen LogP contribution >= 0.6 is 0 Å². The summed E-state index contributed by atoms with van der Waals surface area (Å²) in [4.78, 5) is 21.3. The van der Waals surface area contributed by atoms with Gasteiger partial charge in [0.2, 0.25) is 0 Å². The summed E-state index contributed by atoms with van der Waals surface area (Å²) in [6, 6.07) is 0.181. The van der Waals surface area contributed by atoms with Gasteiger partial charge in [-0.25, -0.2) is 4.98 Å². The highest BCUT2D eigenvalue weighted by molar-refractivity contribution is 5.92. The van der Waals surface area contributed by atoms with Gasteiger partial charge in [-0.05, 0) is 13.3 Å². The Morgan fingerprint density at radius 2 is 2.27 bits per heavy atom. The molecule has 1 rings (SSSR count). The normalized spacial score (nSPS) is 12.2. The number of nitrogens with zero attached hydrogens (tertiary/aromatic N) is 3. The van der Waals surface area contributed by atoms with Crippen molar-refractivity contribution in [3.63, 3.8) is 0 Å². The van der Waals surface area contributed by atoms with Crippen LogP contribution in [0.2, 0.25) is 0 Å². The van der Waals surface area contributed by atoms with E-state index in [4.69, 9.17) is 5.73 Å². The molecule has 82 valence electrons. The van der Waals surface area contributed by atoms with Gasteiger partial charge in [-0.1, -0.05) is 6.92 Å². The highest BCUT2D eigenvalue weighted by Crippen LogP contribution is 2.06. The molecule has 0 fully saturated rings. The van der Waals surface area contributed by atoms with Gasteiger partial charge in [0.05, 0.1) is 12.4 Å². The molecule has 0 saturated heterocycles. The molecule has 0 spiro atoms. The molecule has 1 atom stereocenters. The van der Waals surface area contributed by atoms with Gasteiger partial charge in [0.15, 0.2) is 0 Å². The molecule has 1 heterocycles. The first-order chi connectivity index (χ1) is 7.06. The third kappa shape index (κ3) is 2.65. The van der Waals surface area contributed by atoms with E-state index in [9.17, 15) is 4.79 Å². The molecule has 1 unspecified atom stereocenters. The Hall–Kier alpha value is -1.65. The van der Waals surface area contributed by atoms with Crippen molar-refractivity contribution in [1.82, 2.24) is 14.9 Å². The number of aromatic nitrogens is 2. The molecule has 1 amide bonds. The summed E-state index contributed by atoms with van der Waals surface area (Å²) in [5.74, 6) is 0.113. The Morgan fingerprint density at radius 3 is 2.80 bits per heavy atom. The van der Waals surface area contributed by atoms with Crippen LogP contribution in [0.25, 0.3) is 0 Å². The molecule has 0 aliphatic carbocycles. The lowest BCUT2D eigenvalue weighted by Gasteiger charge is -2.23. The summed E-state index contributed by atoms with van der Waals surface area (Å²) in [5.41, 5.74) is 5.75. The van der Waals surface area contributed by atoms with Gasteiger partial charge < -0.3 is 10.6 Å². The standard InChI is InChI=1S/C10H16N4O/c1-4-7(2)14(3)10(15)8-5-12-6-9(11)13-8/h5-7H,4H2,1-3H3,(H2,11,13). The van der Waals surface area contributed by atoms with Crippen molar-refractivity contribution >= 4 is 11.7 Å². The van der Waals surface area contributed by atoms with Crippen LogP contribution in [0.15, 0.2) is 12.4 Å². The SMILES string of the molecule is CCC(C)N(C)C(=O)c1cncc(N)n1. The molecule has 1 aromatic rings. The average Bonchev–Trinajstić information content (AvgIpc) is 2.26. The van der Waals surface area contributed by atoms with Gasteiger partial charge in [0, 0.05) is 13.1 Å². The number of hydrogen-bond donors (Lipinski definition) is 1. The van der Waals surface area contributed by atoms with E-state index in [-0.39, 0.29) is 23.5 Å². The van der Waals surface area contributed by atoms with Crippen molar-refractivity contribution in [3.05, 3.63) is 18.1 Å². The van der Waals surface area contributed by atoms with E-state index < -0.39 is 0 Å². The molecule has 0 radical (unpaired) electrons. The van der Waals surface area contributed by atoms with Crippen molar-refractivity contribution in [2.24, 2.45) is 0 Å². The molecule has 0 saturated carbocycles. The fraction of sp³-hybridized carbons (Fsp3) is 0.500. The van der Waals surface area contributed by atoms with Crippen molar-refractivity contribution in [2.75, 3.05) is 12.8 Å². The van der Waals surface area contributed by atoms with Crippen molar-refractivity contribution in [2.45, 2.75) is 26.3 Å². The topological polar surface area (TPSA) is 72.1 Å². The first-order valence-electron chi connectivity index (χ1n) is 4.91. The molecule has 0 bridgehead atoms. The highest BCUT2D eigenvalue weighted by atomic mass is 16.2. The third-order valence-electron chi connectivity index (χ3n) is 2.44. The number of nitrogens with two attached hydrogens (primary N) is 1. The monoisotopic (exact) mass is 208 g/mol. The van der Waals surface area contributed by atoms with E-state index >= 15 is 0 Å². The lowest BCUT2D eigenvalue weighted by molar-refractivity contribution is 0.0734. The summed E-state index contributed by atoms with van der Waals surface area (Å²) < 4.78 is 0. The maximum absolute atomic E-state index is 11.9. The van der Waals surface area contributed by atoms with Gasteiger partial charge >= 0.3 is 0 Å². The molecule has 0 aromatic carbocycles. The maximum Gasteiger partial charge on any atom is 0.274 e. The van der Waals surface area contributed by atoms with Gasteiger partial charge in [0.1, 0.15) is 11.5 Å². The zero-order valence-corrected chi connectivity index (χ0v) is 9.27. The number of amides is 1. The van der Waals surface area contributed by atoms with Gasteiger partial charge in [0.25, 0.3) is 5.91 Å². The predicted octanol–water partition coefficient (Wildman–Crippen LogP) is 0.929. The summed E-state index contributed by atoms with van der Waals surface area (Å²) in [6.07, 6.45) is 3.75. The minimum Gasteiger partial charge on any atom is -0.382 e. The van der Waals surface area contributed by atoms with E-state index in [0.29, 0.717) is 0 Å². The smallest absolute Gasteiger partial charge is 0.274 e. The largest absolute Gasteiger partial charge is 0.382 e. The summed E-state index contributed by atoms with van der Waals surface area (Å²) in [6.45, 7) is 4.01. The van der Waals surface area contributed by atoms with Crippen LogP contribution < -0.4 is 5.73 Å². The molecular weight excluding hydrogens is 192 g/mol. The molecular formula is C10H16N4O. The Morgan fingerprint density at radius 1 is 1.60 bits per heavy atom. The van der Waals surface area contributed by atoms with Gasteiger partial charge in [-0.15, -0.1) is 0 Å². The lowest BCUT2D eigenvalue weighted by Crippen LogP contribution is -2.35. The summed E-state index contributed by atoms with van der Waals surface area (Å²) >= 11 is 0. The highest BCUT2D eigenvalue weighted by Gasteiger charge is 2.17. The van der Waals surface area contributed by atoms with E-state index in [2.05, 4.69) is 9.97 Å². The van der Waals surface area contributed by atoms with Crippen LogP contribution in [-0.4, -0.2) is 33.9 Å². The number of carbonyl (C=O) groups is 1. The van der Waals surface area contributed by atoms with Crippen LogP contribution in [0.3, 0.4) is 0 Å². The van der Waals surface area contributed by atoms with Crippen LogP contribution in [0.4, 0.5) is 5.82 Å². The average molecular weight is 208 g/mol. The molecule has 5 nitrogen and oxygen atoms in total. The number of nitrogen functional groups attached to an aromatic ring is 1. The molecule has 0 aliphatic rings. The minimum atomic E-state index is -0.149. The van der Waals surface area contributed by atoms with Crippen LogP contribution in [-0.2, 0) is 0 Å². The van der Waals surface area contributed by atoms with E-state index in [0.717, 1.165) is 6.42 Å². The first-order valence-corrected chi connectivity index (χ1v) is 4.91. The molecule has 0 aliphatic heterocycles. The summed E-state index contributed by atoms with van der Waals surface area (Å²) in [7, 11) is 1.75. The number of carbonyl (C=O) groups excluding carboxylic acids is 1. The predicted molar refractivity (Wildman–Crippen MR) is 58.3 cm³/mol. The maximum atomic E-state index is 11.9. The van der Waals surface area contributed by atoms with Crippen molar-refractivity contribution < 1.29 is 4.79 Å². The number of hydrogen-bond acceptors (Lipinski definition) is 4. The zero-order chi connectivity index (χ0) is 11.4. The van der Waals surface area contributed by atoms with Gasteiger partial charge in [-0.2, -0.15) is 0 Å². The number of anilines is 1. The second-order valence-electron chi connectivity index (χ2n) is 3.50. The first kappa shape index (κ1) is 11.4. The van der Waals surface area contributed by atoms with E-state index in [1.54, 1.807) is 11.9 Å². The Kier molecular flexibility index (Phi) is 3.60. The molecule has 5 heteroatoms. The van der Waals surface area contributed by atoms with Crippen LogP contribution in [0.1, 0.15) is 30.8 Å². The zero-order valence-electron chi connectivity index (χ0n) is 9.27. The Bertz CT molecular complexity index is 353. The quantitative estimate of drug-likeness (QED) is 0.802.